The molecule has 0 aliphatic rings. The van der Waals surface area contributed by atoms with Crippen LogP contribution in [0.25, 0.3) is 21.3 Å². The zero-order valence-corrected chi connectivity index (χ0v) is 14.2. The fourth-order valence-electron chi connectivity index (χ4n) is 2.40. The van der Waals surface area contributed by atoms with Gasteiger partial charge in [-0.1, -0.05) is 12.1 Å². The van der Waals surface area contributed by atoms with E-state index in [0.29, 0.717) is 19.8 Å². The number of ether oxygens (including phenoxy) is 2. The van der Waals surface area contributed by atoms with Crippen LogP contribution in [0.3, 0.4) is 0 Å². The summed E-state index contributed by atoms with van der Waals surface area (Å²) < 4.78 is 10.5. The lowest BCUT2D eigenvalue weighted by molar-refractivity contribution is 0.0992. The summed E-state index contributed by atoms with van der Waals surface area (Å²) in [6.07, 6.45) is 1.56. The van der Waals surface area contributed by atoms with Gasteiger partial charge in [-0.3, -0.25) is 0 Å². The van der Waals surface area contributed by atoms with Crippen LogP contribution in [0.15, 0.2) is 36.0 Å². The van der Waals surface area contributed by atoms with Crippen LogP contribution in [0.1, 0.15) is 0 Å². The van der Waals surface area contributed by atoms with Crippen molar-refractivity contribution in [2.45, 2.75) is 0 Å². The van der Waals surface area contributed by atoms with Gasteiger partial charge in [-0.15, -0.1) is 11.3 Å². The number of thiophene rings is 1. The standard InChI is InChI=1S/C17H19N3O3S/c1-22-13-4-2-12(3-5-13)14-10-24-17-15(14)16(19-11-20-17)18-6-8-23-9-7-21/h2-5,10-11,21H,6-9H2,1H3,(H,18,19,20). The van der Waals surface area contributed by atoms with Crippen molar-refractivity contribution >= 4 is 27.4 Å². The molecule has 0 atom stereocenters. The number of fused-ring (bicyclic) bond motifs is 1. The van der Waals surface area contributed by atoms with Gasteiger partial charge < -0.3 is 19.9 Å². The summed E-state index contributed by atoms with van der Waals surface area (Å²) in [6.45, 7) is 1.50. The molecule has 24 heavy (non-hydrogen) atoms. The van der Waals surface area contributed by atoms with E-state index < -0.39 is 0 Å². The van der Waals surface area contributed by atoms with Crippen molar-refractivity contribution in [1.82, 2.24) is 9.97 Å². The van der Waals surface area contributed by atoms with Crippen molar-refractivity contribution in [3.05, 3.63) is 36.0 Å². The number of nitrogens with zero attached hydrogens (tertiary/aromatic N) is 2. The molecule has 0 fully saturated rings. The van der Waals surface area contributed by atoms with Crippen molar-refractivity contribution in [3.8, 4) is 16.9 Å². The molecule has 2 aromatic heterocycles. The molecule has 0 bridgehead atoms. The van der Waals surface area contributed by atoms with Gasteiger partial charge in [-0.25, -0.2) is 9.97 Å². The van der Waals surface area contributed by atoms with E-state index in [-0.39, 0.29) is 6.61 Å². The number of aliphatic hydroxyl groups excluding tert-OH is 1. The fraction of sp³-hybridized carbons (Fsp3) is 0.294. The molecule has 6 nitrogen and oxygen atoms in total. The first-order valence-electron chi connectivity index (χ1n) is 7.62. The minimum atomic E-state index is 0.0316. The number of hydrogen-bond donors (Lipinski definition) is 2. The number of anilines is 1. The van der Waals surface area contributed by atoms with Crippen LogP contribution in [0, 0.1) is 0 Å². The Labute approximate surface area is 144 Å². The van der Waals surface area contributed by atoms with Crippen molar-refractivity contribution in [3.63, 3.8) is 0 Å². The van der Waals surface area contributed by atoms with Gasteiger partial charge in [0.1, 0.15) is 22.7 Å². The highest BCUT2D eigenvalue weighted by molar-refractivity contribution is 7.17. The number of hydrogen-bond acceptors (Lipinski definition) is 7. The van der Waals surface area contributed by atoms with E-state index in [4.69, 9.17) is 14.6 Å². The Bertz CT molecular complexity index is 789. The predicted molar refractivity (Wildman–Crippen MR) is 95.8 cm³/mol. The first-order valence-corrected chi connectivity index (χ1v) is 8.50. The molecule has 7 heteroatoms. The first-order chi connectivity index (χ1) is 11.8. The summed E-state index contributed by atoms with van der Waals surface area (Å²) in [6, 6.07) is 7.94. The second-order valence-electron chi connectivity index (χ2n) is 5.04. The minimum Gasteiger partial charge on any atom is -0.497 e. The molecule has 0 saturated heterocycles. The maximum atomic E-state index is 8.72. The lowest BCUT2D eigenvalue weighted by Crippen LogP contribution is -2.12. The summed E-state index contributed by atoms with van der Waals surface area (Å²) in [4.78, 5) is 9.67. The average Bonchev–Trinajstić information content (AvgIpc) is 3.06. The Morgan fingerprint density at radius 2 is 2.00 bits per heavy atom. The maximum Gasteiger partial charge on any atom is 0.138 e. The highest BCUT2D eigenvalue weighted by Crippen LogP contribution is 2.36. The molecule has 0 spiro atoms. The van der Waals surface area contributed by atoms with E-state index in [2.05, 4.69) is 20.7 Å². The number of aromatic nitrogens is 2. The van der Waals surface area contributed by atoms with Gasteiger partial charge in [0.2, 0.25) is 0 Å². The summed E-state index contributed by atoms with van der Waals surface area (Å²) in [5.74, 6) is 1.62. The van der Waals surface area contributed by atoms with Crippen LogP contribution >= 0.6 is 11.3 Å². The highest BCUT2D eigenvalue weighted by Gasteiger charge is 2.13. The summed E-state index contributed by atoms with van der Waals surface area (Å²) in [7, 11) is 1.66. The van der Waals surface area contributed by atoms with E-state index in [0.717, 1.165) is 32.9 Å². The molecule has 0 saturated carbocycles. The van der Waals surface area contributed by atoms with Crippen molar-refractivity contribution in [2.75, 3.05) is 38.8 Å². The average molecular weight is 345 g/mol. The second kappa shape index (κ2) is 8.05. The van der Waals surface area contributed by atoms with E-state index in [9.17, 15) is 0 Å². The zero-order valence-electron chi connectivity index (χ0n) is 13.4. The van der Waals surface area contributed by atoms with Gasteiger partial charge in [-0.2, -0.15) is 0 Å². The molecule has 0 aliphatic carbocycles. The molecular formula is C17H19N3O3S. The van der Waals surface area contributed by atoms with Crippen LogP contribution in [0.5, 0.6) is 5.75 Å². The number of rotatable bonds is 8. The van der Waals surface area contributed by atoms with Crippen LogP contribution in [0.4, 0.5) is 5.82 Å². The van der Waals surface area contributed by atoms with Crippen LogP contribution in [-0.2, 0) is 4.74 Å². The van der Waals surface area contributed by atoms with E-state index in [1.807, 2.05) is 24.3 Å². The van der Waals surface area contributed by atoms with Crippen molar-refractivity contribution < 1.29 is 14.6 Å². The normalized spacial score (nSPS) is 10.9. The third-order valence-corrected chi connectivity index (χ3v) is 4.43. The van der Waals surface area contributed by atoms with Crippen molar-refractivity contribution in [2.24, 2.45) is 0 Å². The lowest BCUT2D eigenvalue weighted by Gasteiger charge is -2.09. The van der Waals surface area contributed by atoms with Crippen LogP contribution in [0.2, 0.25) is 0 Å². The molecular weight excluding hydrogens is 326 g/mol. The first kappa shape index (κ1) is 16.6. The quantitative estimate of drug-likeness (QED) is 0.612. The molecule has 0 amide bonds. The smallest absolute Gasteiger partial charge is 0.138 e. The van der Waals surface area contributed by atoms with Crippen molar-refractivity contribution in [1.29, 1.82) is 0 Å². The second-order valence-corrected chi connectivity index (χ2v) is 5.90. The Morgan fingerprint density at radius 3 is 2.75 bits per heavy atom. The molecule has 0 radical (unpaired) electrons. The van der Waals surface area contributed by atoms with E-state index in [1.54, 1.807) is 24.8 Å². The minimum absolute atomic E-state index is 0.0316. The number of benzene rings is 1. The molecule has 0 unspecified atom stereocenters. The van der Waals surface area contributed by atoms with E-state index >= 15 is 0 Å². The van der Waals surface area contributed by atoms with Crippen LogP contribution < -0.4 is 10.1 Å². The topological polar surface area (TPSA) is 76.5 Å². The third-order valence-electron chi connectivity index (χ3n) is 3.55. The van der Waals surface area contributed by atoms with Gasteiger partial charge in [0.15, 0.2) is 0 Å². The van der Waals surface area contributed by atoms with Gasteiger partial charge in [0.05, 0.1) is 32.3 Å². The number of nitrogens with one attached hydrogen (secondary N) is 1. The van der Waals surface area contributed by atoms with E-state index in [1.165, 1.54) is 0 Å². The fourth-order valence-corrected chi connectivity index (χ4v) is 3.32. The summed E-state index contributed by atoms with van der Waals surface area (Å²) >= 11 is 1.59. The van der Waals surface area contributed by atoms with Gasteiger partial charge >= 0.3 is 0 Å². The zero-order chi connectivity index (χ0) is 16.8. The van der Waals surface area contributed by atoms with Gasteiger partial charge in [-0.05, 0) is 17.7 Å². The summed E-state index contributed by atoms with van der Waals surface area (Å²) in [5.41, 5.74) is 2.19. The maximum absolute atomic E-state index is 8.72. The molecule has 126 valence electrons. The highest BCUT2D eigenvalue weighted by atomic mass is 32.1. The van der Waals surface area contributed by atoms with Gasteiger partial charge in [0, 0.05) is 17.5 Å². The SMILES string of the molecule is COc1ccc(-c2csc3ncnc(NCCOCCO)c23)cc1. The number of methoxy groups -OCH3 is 1. The molecule has 3 rings (SSSR count). The molecule has 3 aromatic rings. The Balaban J connectivity index is 1.86. The Kier molecular flexibility index (Phi) is 5.58. The lowest BCUT2D eigenvalue weighted by atomic mass is 10.1. The van der Waals surface area contributed by atoms with Gasteiger partial charge in [0.25, 0.3) is 0 Å². The molecule has 1 aromatic carbocycles. The Morgan fingerprint density at radius 1 is 1.17 bits per heavy atom. The summed E-state index contributed by atoms with van der Waals surface area (Å²) in [5, 5.41) is 15.1. The Hall–Kier alpha value is -2.22. The number of aliphatic hydroxyl groups is 1. The van der Waals surface area contributed by atoms with Crippen LogP contribution in [-0.4, -0.2) is 48.5 Å². The molecule has 2 N–H and O–H groups in total. The largest absolute Gasteiger partial charge is 0.497 e. The molecule has 2 heterocycles. The third kappa shape index (κ3) is 3.64. The monoisotopic (exact) mass is 345 g/mol. The molecule has 0 aliphatic heterocycles. The predicted octanol–water partition coefficient (Wildman–Crippen LogP) is 2.79.